The van der Waals surface area contributed by atoms with Gasteiger partial charge in [-0.15, -0.1) is 0 Å². The number of aromatic amines is 1. The van der Waals surface area contributed by atoms with E-state index in [1.165, 1.54) is 6.20 Å². The van der Waals surface area contributed by atoms with Crippen LogP contribution in [0.4, 0.5) is 0 Å². The zero-order valence-corrected chi connectivity index (χ0v) is 8.88. The van der Waals surface area contributed by atoms with E-state index in [1.807, 2.05) is 31.2 Å². The molecule has 0 aliphatic rings. The molecule has 4 heteroatoms. The number of H-pyrrole nitrogens is 1. The molecular formula is C11H9ClN2O. The Morgan fingerprint density at radius 2 is 2.00 bits per heavy atom. The summed E-state index contributed by atoms with van der Waals surface area (Å²) < 4.78 is 0. The van der Waals surface area contributed by atoms with E-state index in [-0.39, 0.29) is 10.8 Å². The second kappa shape index (κ2) is 3.87. The molecule has 76 valence electrons. The lowest BCUT2D eigenvalue weighted by Crippen LogP contribution is -2.10. The monoisotopic (exact) mass is 220 g/mol. The Bertz CT molecular complexity index is 548. The van der Waals surface area contributed by atoms with E-state index in [1.54, 1.807) is 0 Å². The quantitative estimate of drug-likeness (QED) is 0.751. The Balaban J connectivity index is 2.65. The summed E-state index contributed by atoms with van der Waals surface area (Å²) >= 11 is 5.58. The van der Waals surface area contributed by atoms with Crippen molar-refractivity contribution in [3.05, 3.63) is 51.7 Å². The Hall–Kier alpha value is -1.61. The van der Waals surface area contributed by atoms with Crippen LogP contribution in [-0.4, -0.2) is 9.97 Å². The van der Waals surface area contributed by atoms with Gasteiger partial charge in [0.15, 0.2) is 0 Å². The van der Waals surface area contributed by atoms with Gasteiger partial charge in [0.2, 0.25) is 5.28 Å². The minimum Gasteiger partial charge on any atom is -0.297 e. The number of hydrogen-bond donors (Lipinski definition) is 1. The Kier molecular flexibility index (Phi) is 2.56. The summed E-state index contributed by atoms with van der Waals surface area (Å²) in [6.07, 6.45) is 1.49. The Labute approximate surface area is 91.8 Å². The van der Waals surface area contributed by atoms with Crippen molar-refractivity contribution in [2.75, 3.05) is 0 Å². The molecule has 0 aliphatic heterocycles. The minimum atomic E-state index is -0.218. The maximum atomic E-state index is 11.6. The van der Waals surface area contributed by atoms with Gasteiger partial charge in [-0.2, -0.15) is 0 Å². The Morgan fingerprint density at radius 3 is 2.67 bits per heavy atom. The maximum absolute atomic E-state index is 11.6. The van der Waals surface area contributed by atoms with E-state index in [2.05, 4.69) is 9.97 Å². The molecule has 0 aliphatic carbocycles. The summed E-state index contributed by atoms with van der Waals surface area (Å²) in [5.41, 5.74) is 2.23. The molecule has 0 saturated heterocycles. The van der Waals surface area contributed by atoms with Crippen molar-refractivity contribution >= 4 is 11.6 Å². The van der Waals surface area contributed by atoms with E-state index in [0.717, 1.165) is 11.1 Å². The molecule has 0 atom stereocenters. The van der Waals surface area contributed by atoms with Crippen LogP contribution in [0, 0.1) is 6.92 Å². The molecule has 0 amide bonds. The van der Waals surface area contributed by atoms with Crippen molar-refractivity contribution in [1.82, 2.24) is 9.97 Å². The summed E-state index contributed by atoms with van der Waals surface area (Å²) in [6.45, 7) is 1.95. The second-order valence-electron chi connectivity index (χ2n) is 3.23. The van der Waals surface area contributed by atoms with E-state index < -0.39 is 0 Å². The van der Waals surface area contributed by atoms with Gasteiger partial charge in [-0.25, -0.2) is 4.98 Å². The number of nitrogens with one attached hydrogen (secondary N) is 1. The van der Waals surface area contributed by atoms with Crippen LogP contribution in [0.2, 0.25) is 5.28 Å². The van der Waals surface area contributed by atoms with Crippen molar-refractivity contribution in [2.24, 2.45) is 0 Å². The van der Waals surface area contributed by atoms with Gasteiger partial charge in [0.1, 0.15) is 0 Å². The zero-order valence-electron chi connectivity index (χ0n) is 8.12. The molecule has 0 fully saturated rings. The lowest BCUT2D eigenvalue weighted by molar-refractivity contribution is 1.12. The van der Waals surface area contributed by atoms with Crippen LogP contribution in [0.1, 0.15) is 5.56 Å². The largest absolute Gasteiger partial charge is 0.297 e. The normalized spacial score (nSPS) is 10.3. The van der Waals surface area contributed by atoms with Crippen molar-refractivity contribution in [3.63, 3.8) is 0 Å². The highest BCUT2D eigenvalue weighted by Crippen LogP contribution is 2.18. The average molecular weight is 221 g/mol. The highest BCUT2D eigenvalue weighted by atomic mass is 35.5. The van der Waals surface area contributed by atoms with Crippen molar-refractivity contribution in [3.8, 4) is 11.1 Å². The van der Waals surface area contributed by atoms with Gasteiger partial charge < -0.3 is 0 Å². The SMILES string of the molecule is Cc1ccccc1-c1cnc(Cl)[nH]c1=O. The first-order valence-electron chi connectivity index (χ1n) is 4.49. The summed E-state index contributed by atoms with van der Waals surface area (Å²) in [4.78, 5) is 17.9. The highest BCUT2D eigenvalue weighted by molar-refractivity contribution is 6.28. The number of benzene rings is 1. The molecule has 1 aromatic heterocycles. The summed E-state index contributed by atoms with van der Waals surface area (Å²) in [5, 5.41) is 0.109. The fraction of sp³-hybridized carbons (Fsp3) is 0.0909. The zero-order chi connectivity index (χ0) is 10.8. The molecule has 0 spiro atoms. The summed E-state index contributed by atoms with van der Waals surface area (Å²) in [5.74, 6) is 0. The van der Waals surface area contributed by atoms with Crippen LogP contribution in [-0.2, 0) is 0 Å². The molecule has 0 unspecified atom stereocenters. The molecule has 0 saturated carbocycles. The van der Waals surface area contributed by atoms with Crippen molar-refractivity contribution < 1.29 is 0 Å². The van der Waals surface area contributed by atoms with E-state index in [4.69, 9.17) is 11.6 Å². The average Bonchev–Trinajstić information content (AvgIpc) is 2.20. The molecule has 3 nitrogen and oxygen atoms in total. The fourth-order valence-corrected chi connectivity index (χ4v) is 1.57. The van der Waals surface area contributed by atoms with Crippen LogP contribution >= 0.6 is 11.6 Å². The molecule has 1 aromatic carbocycles. The number of nitrogens with zero attached hydrogens (tertiary/aromatic N) is 1. The van der Waals surface area contributed by atoms with Crippen molar-refractivity contribution in [2.45, 2.75) is 6.92 Å². The number of rotatable bonds is 1. The predicted octanol–water partition coefficient (Wildman–Crippen LogP) is 2.40. The number of hydrogen-bond acceptors (Lipinski definition) is 2. The van der Waals surface area contributed by atoms with E-state index in [0.29, 0.717) is 5.56 Å². The molecule has 2 rings (SSSR count). The van der Waals surface area contributed by atoms with E-state index >= 15 is 0 Å². The van der Waals surface area contributed by atoms with Gasteiger partial charge in [-0.3, -0.25) is 9.78 Å². The topological polar surface area (TPSA) is 45.8 Å². The molecule has 0 bridgehead atoms. The molecule has 0 radical (unpaired) electrons. The first-order chi connectivity index (χ1) is 7.18. The first kappa shape index (κ1) is 9.93. The molecular weight excluding hydrogens is 212 g/mol. The Morgan fingerprint density at radius 1 is 1.27 bits per heavy atom. The molecule has 15 heavy (non-hydrogen) atoms. The summed E-state index contributed by atoms with van der Waals surface area (Å²) in [6, 6.07) is 7.64. The third kappa shape index (κ3) is 1.92. The first-order valence-corrected chi connectivity index (χ1v) is 4.87. The number of aromatic nitrogens is 2. The lowest BCUT2D eigenvalue weighted by atomic mass is 10.0. The van der Waals surface area contributed by atoms with Gasteiger partial charge in [0.25, 0.3) is 5.56 Å². The van der Waals surface area contributed by atoms with Gasteiger partial charge in [-0.1, -0.05) is 24.3 Å². The van der Waals surface area contributed by atoms with Gasteiger partial charge >= 0.3 is 0 Å². The molecule has 1 N–H and O–H groups in total. The predicted molar refractivity (Wildman–Crippen MR) is 60.0 cm³/mol. The lowest BCUT2D eigenvalue weighted by Gasteiger charge is -2.03. The molecule has 1 heterocycles. The standard InChI is InChI=1S/C11H9ClN2O/c1-7-4-2-3-5-8(7)9-6-13-11(12)14-10(9)15/h2-6H,1H3,(H,13,14,15). The van der Waals surface area contributed by atoms with Gasteiger partial charge in [-0.05, 0) is 29.7 Å². The van der Waals surface area contributed by atoms with Crippen LogP contribution in [0.3, 0.4) is 0 Å². The maximum Gasteiger partial charge on any atom is 0.259 e. The third-order valence-corrected chi connectivity index (χ3v) is 2.40. The fourth-order valence-electron chi connectivity index (χ4n) is 1.44. The van der Waals surface area contributed by atoms with Gasteiger partial charge in [0.05, 0.1) is 5.56 Å². The highest BCUT2D eigenvalue weighted by Gasteiger charge is 2.06. The van der Waals surface area contributed by atoms with Crippen LogP contribution in [0.5, 0.6) is 0 Å². The van der Waals surface area contributed by atoms with Gasteiger partial charge in [0, 0.05) is 6.20 Å². The minimum absolute atomic E-state index is 0.109. The smallest absolute Gasteiger partial charge is 0.259 e. The summed E-state index contributed by atoms with van der Waals surface area (Å²) in [7, 11) is 0. The number of halogens is 1. The number of aryl methyl sites for hydroxylation is 1. The van der Waals surface area contributed by atoms with Crippen molar-refractivity contribution in [1.29, 1.82) is 0 Å². The van der Waals surface area contributed by atoms with E-state index in [9.17, 15) is 4.79 Å². The van der Waals surface area contributed by atoms with Crippen LogP contribution in [0.15, 0.2) is 35.3 Å². The third-order valence-electron chi connectivity index (χ3n) is 2.20. The molecule has 2 aromatic rings. The second-order valence-corrected chi connectivity index (χ2v) is 3.59. The van der Waals surface area contributed by atoms with Crippen LogP contribution < -0.4 is 5.56 Å². The van der Waals surface area contributed by atoms with Crippen LogP contribution in [0.25, 0.3) is 11.1 Å².